The van der Waals surface area contributed by atoms with Crippen molar-refractivity contribution < 1.29 is 9.32 Å². The Hall–Kier alpha value is -1.87. The molecule has 1 fully saturated rings. The van der Waals surface area contributed by atoms with Gasteiger partial charge in [-0.15, -0.1) is 12.3 Å². The molecule has 0 radical (unpaired) electrons. The highest BCUT2D eigenvalue weighted by Gasteiger charge is 2.24. The van der Waals surface area contributed by atoms with Crippen LogP contribution in [0.5, 0.6) is 0 Å². The first-order valence-corrected chi connectivity index (χ1v) is 6.56. The maximum absolute atomic E-state index is 11.9. The van der Waals surface area contributed by atoms with Crippen LogP contribution >= 0.6 is 0 Å². The van der Waals surface area contributed by atoms with E-state index in [2.05, 4.69) is 26.7 Å². The largest absolute Gasteiger partial charge is 0.346 e. The first-order valence-electron chi connectivity index (χ1n) is 6.56. The lowest BCUT2D eigenvalue weighted by Crippen LogP contribution is -2.34. The number of carbonyl (C=O) groups is 1. The lowest BCUT2D eigenvalue weighted by molar-refractivity contribution is 0.0923. The molecule has 2 atom stereocenters. The van der Waals surface area contributed by atoms with Gasteiger partial charge < -0.3 is 15.2 Å². The average molecular weight is 262 g/mol. The summed E-state index contributed by atoms with van der Waals surface area (Å²) in [7, 11) is 0. The minimum Gasteiger partial charge on any atom is -0.346 e. The Kier molecular flexibility index (Phi) is 4.53. The number of terminal acetylenes is 1. The van der Waals surface area contributed by atoms with Crippen molar-refractivity contribution in [2.45, 2.75) is 44.7 Å². The maximum atomic E-state index is 11.9. The van der Waals surface area contributed by atoms with Gasteiger partial charge in [0.25, 0.3) is 11.7 Å². The average Bonchev–Trinajstić information content (AvgIpc) is 3.08. The molecule has 102 valence electrons. The zero-order valence-electron chi connectivity index (χ0n) is 11.0. The topological polar surface area (TPSA) is 80.0 Å². The normalized spacial score (nSPS) is 19.9. The Bertz CT molecular complexity index is 471. The van der Waals surface area contributed by atoms with E-state index >= 15 is 0 Å². The van der Waals surface area contributed by atoms with E-state index in [1.54, 1.807) is 0 Å². The monoisotopic (exact) mass is 262 g/mol. The van der Waals surface area contributed by atoms with Gasteiger partial charge in [-0.1, -0.05) is 12.1 Å². The van der Waals surface area contributed by atoms with E-state index in [0.29, 0.717) is 12.3 Å². The SMILES string of the molecule is C#CCC(CC)NC(=O)c1noc(C2CCCN2)n1. The third-order valence-corrected chi connectivity index (χ3v) is 3.20. The third-order valence-electron chi connectivity index (χ3n) is 3.20. The van der Waals surface area contributed by atoms with Crippen LogP contribution in [0.15, 0.2) is 4.52 Å². The molecule has 0 saturated carbocycles. The highest BCUT2D eigenvalue weighted by atomic mass is 16.5. The van der Waals surface area contributed by atoms with E-state index in [4.69, 9.17) is 10.9 Å². The van der Waals surface area contributed by atoms with Gasteiger partial charge in [0.05, 0.1) is 6.04 Å². The highest BCUT2D eigenvalue weighted by Crippen LogP contribution is 2.20. The molecular weight excluding hydrogens is 244 g/mol. The number of nitrogens with zero attached hydrogens (tertiary/aromatic N) is 2. The van der Waals surface area contributed by atoms with Crippen LogP contribution in [-0.2, 0) is 0 Å². The second-order valence-electron chi connectivity index (χ2n) is 4.59. The number of hydrogen-bond acceptors (Lipinski definition) is 5. The molecule has 19 heavy (non-hydrogen) atoms. The van der Waals surface area contributed by atoms with Crippen LogP contribution in [0.3, 0.4) is 0 Å². The fraction of sp³-hybridized carbons (Fsp3) is 0.615. The summed E-state index contributed by atoms with van der Waals surface area (Å²) >= 11 is 0. The Morgan fingerprint density at radius 2 is 2.58 bits per heavy atom. The number of aromatic nitrogens is 2. The van der Waals surface area contributed by atoms with Gasteiger partial charge in [0.1, 0.15) is 0 Å². The molecule has 0 spiro atoms. The lowest BCUT2D eigenvalue weighted by atomic mass is 10.1. The molecule has 6 nitrogen and oxygen atoms in total. The summed E-state index contributed by atoms with van der Waals surface area (Å²) in [5.41, 5.74) is 0. The molecule has 0 aliphatic carbocycles. The predicted molar refractivity (Wildman–Crippen MR) is 69.3 cm³/mol. The summed E-state index contributed by atoms with van der Waals surface area (Å²) in [6.07, 6.45) is 8.55. The summed E-state index contributed by atoms with van der Waals surface area (Å²) < 4.78 is 5.12. The Labute approximate surface area is 112 Å². The molecule has 6 heteroatoms. The second-order valence-corrected chi connectivity index (χ2v) is 4.59. The van der Waals surface area contributed by atoms with Crippen molar-refractivity contribution in [2.75, 3.05) is 6.54 Å². The fourth-order valence-electron chi connectivity index (χ4n) is 2.05. The van der Waals surface area contributed by atoms with E-state index in [1.165, 1.54) is 0 Å². The minimum atomic E-state index is -0.338. The van der Waals surface area contributed by atoms with Gasteiger partial charge in [0.15, 0.2) is 0 Å². The molecule has 2 N–H and O–H groups in total. The van der Waals surface area contributed by atoms with Crippen molar-refractivity contribution in [2.24, 2.45) is 0 Å². The Balaban J connectivity index is 1.97. The van der Waals surface area contributed by atoms with Crippen LogP contribution in [0.2, 0.25) is 0 Å². The standard InChI is InChI=1S/C13H18N4O2/c1-3-6-9(4-2)15-12(18)11-16-13(19-17-11)10-7-5-8-14-10/h1,9-10,14H,4-8H2,2H3,(H,15,18). The Morgan fingerprint density at radius 3 is 3.21 bits per heavy atom. The van der Waals surface area contributed by atoms with Gasteiger partial charge in [0, 0.05) is 12.5 Å². The van der Waals surface area contributed by atoms with E-state index in [0.717, 1.165) is 25.8 Å². The summed E-state index contributed by atoms with van der Waals surface area (Å²) in [4.78, 5) is 16.1. The highest BCUT2D eigenvalue weighted by molar-refractivity contribution is 5.90. The molecule has 1 aliphatic rings. The van der Waals surface area contributed by atoms with Crippen molar-refractivity contribution in [3.8, 4) is 12.3 Å². The molecule has 1 aromatic rings. The number of nitrogens with one attached hydrogen (secondary N) is 2. The van der Waals surface area contributed by atoms with E-state index < -0.39 is 0 Å². The van der Waals surface area contributed by atoms with Gasteiger partial charge in [0.2, 0.25) is 5.89 Å². The first kappa shape index (κ1) is 13.6. The fourth-order valence-corrected chi connectivity index (χ4v) is 2.05. The molecule has 2 heterocycles. The number of rotatable bonds is 5. The van der Waals surface area contributed by atoms with Crippen LogP contribution < -0.4 is 10.6 Å². The molecule has 2 unspecified atom stereocenters. The quantitative estimate of drug-likeness (QED) is 0.775. The zero-order chi connectivity index (χ0) is 13.7. The van der Waals surface area contributed by atoms with E-state index in [1.807, 2.05) is 6.92 Å². The van der Waals surface area contributed by atoms with Crippen LogP contribution in [0, 0.1) is 12.3 Å². The van der Waals surface area contributed by atoms with E-state index in [9.17, 15) is 4.79 Å². The van der Waals surface area contributed by atoms with Crippen LogP contribution in [0.25, 0.3) is 0 Å². The minimum absolute atomic E-state index is 0.0518. The van der Waals surface area contributed by atoms with Gasteiger partial charge in [-0.3, -0.25) is 4.79 Å². The number of carbonyl (C=O) groups excluding carboxylic acids is 1. The van der Waals surface area contributed by atoms with Gasteiger partial charge in [-0.05, 0) is 25.8 Å². The summed E-state index contributed by atoms with van der Waals surface area (Å²) in [6.45, 7) is 2.90. The van der Waals surface area contributed by atoms with Gasteiger partial charge in [-0.25, -0.2) is 0 Å². The smallest absolute Gasteiger partial charge is 0.292 e. The van der Waals surface area contributed by atoms with Gasteiger partial charge in [-0.2, -0.15) is 4.98 Å². The Morgan fingerprint density at radius 1 is 1.74 bits per heavy atom. The van der Waals surface area contributed by atoms with Crippen LogP contribution in [0.4, 0.5) is 0 Å². The van der Waals surface area contributed by atoms with Crippen molar-refractivity contribution in [3.05, 3.63) is 11.7 Å². The van der Waals surface area contributed by atoms with Crippen molar-refractivity contribution >= 4 is 5.91 Å². The van der Waals surface area contributed by atoms with Crippen molar-refractivity contribution in [3.63, 3.8) is 0 Å². The van der Waals surface area contributed by atoms with Crippen LogP contribution in [-0.4, -0.2) is 28.6 Å². The molecule has 1 amide bonds. The van der Waals surface area contributed by atoms with Crippen molar-refractivity contribution in [1.82, 2.24) is 20.8 Å². The summed E-state index contributed by atoms with van der Waals surface area (Å²) in [5, 5.41) is 9.76. The second kappa shape index (κ2) is 6.34. The van der Waals surface area contributed by atoms with Crippen LogP contribution in [0.1, 0.15) is 55.2 Å². The lowest BCUT2D eigenvalue weighted by Gasteiger charge is -2.11. The molecule has 2 rings (SSSR count). The van der Waals surface area contributed by atoms with Crippen molar-refractivity contribution in [1.29, 1.82) is 0 Å². The molecule has 1 saturated heterocycles. The molecule has 0 aromatic carbocycles. The zero-order valence-corrected chi connectivity index (χ0v) is 11.0. The summed E-state index contributed by atoms with van der Waals surface area (Å²) in [5.74, 6) is 2.75. The molecule has 0 bridgehead atoms. The van der Waals surface area contributed by atoms with Gasteiger partial charge >= 0.3 is 0 Å². The van der Waals surface area contributed by atoms with E-state index in [-0.39, 0.29) is 23.8 Å². The third kappa shape index (κ3) is 3.32. The number of hydrogen-bond donors (Lipinski definition) is 2. The summed E-state index contributed by atoms with van der Waals surface area (Å²) in [6, 6.07) is 0.0192. The predicted octanol–water partition coefficient (Wildman–Crippen LogP) is 1.03. The molecule has 1 aromatic heterocycles. The maximum Gasteiger partial charge on any atom is 0.292 e. The number of amides is 1. The first-order chi connectivity index (χ1) is 9.24. The molecule has 1 aliphatic heterocycles. The molecular formula is C13H18N4O2.